The van der Waals surface area contributed by atoms with Crippen LogP contribution in [0.15, 0.2) is 0 Å². The average Bonchev–Trinajstić information content (AvgIpc) is 3.26. The number of hydrogen-bond acceptors (Lipinski definition) is 9. The van der Waals surface area contributed by atoms with E-state index in [1.165, 1.54) is 250 Å². The van der Waals surface area contributed by atoms with Crippen LogP contribution in [-0.2, 0) is 27.3 Å². The first-order chi connectivity index (χ1) is 32.0. The van der Waals surface area contributed by atoms with Crippen LogP contribution in [0.3, 0.4) is 0 Å². The van der Waals surface area contributed by atoms with E-state index < -0.39 is 24.8 Å². The standard InChI is InChI=1S/3C18H39O3P.Nd/c3*1-3-4-5-6-7-8-9-10-11-12-13-14-15-16-17-18(2)21-22(19)20;/h3*18,22H,3-17H2,1-2H3,(H,19,20);/q;;;+3/p-3. The van der Waals surface area contributed by atoms with Crippen molar-refractivity contribution in [2.45, 2.75) is 349 Å². The van der Waals surface area contributed by atoms with Crippen molar-refractivity contribution in [3.63, 3.8) is 0 Å². The van der Waals surface area contributed by atoms with Crippen molar-refractivity contribution in [1.29, 1.82) is 0 Å². The van der Waals surface area contributed by atoms with Crippen LogP contribution in [0.2, 0.25) is 0 Å². The summed E-state index contributed by atoms with van der Waals surface area (Å²) in [6, 6.07) is 0. The minimum atomic E-state index is -3.00. The van der Waals surface area contributed by atoms with Crippen LogP contribution < -0.4 is 14.7 Å². The van der Waals surface area contributed by atoms with Crippen molar-refractivity contribution in [2.24, 2.45) is 0 Å². The minimum absolute atomic E-state index is 0. The molecule has 13 heteroatoms. The fourth-order valence-corrected chi connectivity index (χ4v) is 9.89. The molecule has 0 aliphatic carbocycles. The van der Waals surface area contributed by atoms with E-state index in [1.807, 2.05) is 20.8 Å². The summed E-state index contributed by atoms with van der Waals surface area (Å²) in [5.74, 6) is 0. The number of rotatable bonds is 51. The summed E-state index contributed by atoms with van der Waals surface area (Å²) in [5.41, 5.74) is 0. The maximum absolute atomic E-state index is 10.4. The van der Waals surface area contributed by atoms with Crippen molar-refractivity contribution >= 4 is 24.8 Å². The molecule has 0 aliphatic rings. The average molecular weight is 1140 g/mol. The summed E-state index contributed by atoms with van der Waals surface area (Å²) in [6.45, 7) is 12.3. The van der Waals surface area contributed by atoms with Crippen LogP contribution in [-0.4, -0.2) is 18.3 Å². The molecule has 0 N–H and O–H groups in total. The molecule has 0 fully saturated rings. The first-order valence-electron chi connectivity index (χ1n) is 28.6. The Kier molecular flexibility index (Phi) is 74.0. The molecule has 6 unspecified atom stereocenters. The molecule has 0 amide bonds. The third kappa shape index (κ3) is 76.9. The molecule has 67 heavy (non-hydrogen) atoms. The molecule has 403 valence electrons. The Morgan fingerprint density at radius 2 is 0.388 bits per heavy atom. The summed E-state index contributed by atoms with van der Waals surface area (Å²) >= 11 is 0. The van der Waals surface area contributed by atoms with Crippen LogP contribution in [0.5, 0.6) is 0 Å². The van der Waals surface area contributed by atoms with Gasteiger partial charge in [-0.1, -0.05) is 290 Å². The summed E-state index contributed by atoms with van der Waals surface area (Å²) < 4.78 is 45.5. The molecule has 0 aromatic rings. The van der Waals surface area contributed by atoms with Crippen molar-refractivity contribution < 1.29 is 82.8 Å². The van der Waals surface area contributed by atoms with Crippen molar-refractivity contribution in [3.05, 3.63) is 0 Å². The predicted octanol–water partition coefficient (Wildman–Crippen LogP) is 18.0. The third-order valence-corrected chi connectivity index (χ3v) is 14.6. The number of hydrogen-bond donors (Lipinski definition) is 0. The van der Waals surface area contributed by atoms with Crippen LogP contribution in [0.4, 0.5) is 0 Å². The van der Waals surface area contributed by atoms with E-state index in [0.29, 0.717) is 0 Å². The second kappa shape index (κ2) is 65.8. The maximum atomic E-state index is 10.4. The molecule has 6 atom stereocenters. The van der Waals surface area contributed by atoms with Gasteiger partial charge in [-0.2, -0.15) is 0 Å². The van der Waals surface area contributed by atoms with Gasteiger partial charge in [0.25, 0.3) is 0 Å². The van der Waals surface area contributed by atoms with Gasteiger partial charge in [-0.3, -0.25) is 0 Å². The Hall–Kier alpha value is 1.80. The van der Waals surface area contributed by atoms with Gasteiger partial charge in [0.15, 0.2) is 0 Å². The SMILES string of the molecule is CCCCCCCCCCCCCCCCC(C)O[PH](=O)[O-].CCCCCCCCCCCCCCCCC(C)O[PH](=O)[O-].CCCCCCCCCCCCCCCCC(C)O[PH](=O)[O-].[Nd+3]. The van der Waals surface area contributed by atoms with Gasteiger partial charge in [0.05, 0.1) is 18.3 Å². The van der Waals surface area contributed by atoms with Gasteiger partial charge < -0.3 is 41.9 Å². The quantitative estimate of drug-likeness (QED) is 0.0429. The third-order valence-electron chi connectivity index (χ3n) is 12.8. The maximum Gasteiger partial charge on any atom is 3.00 e. The molecule has 0 saturated carbocycles. The zero-order valence-corrected chi connectivity index (χ0v) is 51.4. The van der Waals surface area contributed by atoms with Crippen LogP contribution >= 0.6 is 24.8 Å². The molecule has 0 aliphatic heterocycles. The number of unbranched alkanes of at least 4 members (excludes halogenated alkanes) is 39. The van der Waals surface area contributed by atoms with Gasteiger partial charge in [0.2, 0.25) is 0 Å². The predicted molar refractivity (Wildman–Crippen MR) is 283 cm³/mol. The molecule has 0 aromatic carbocycles. The van der Waals surface area contributed by atoms with Crippen LogP contribution in [0.1, 0.15) is 330 Å². The Morgan fingerprint density at radius 1 is 0.269 bits per heavy atom. The smallest absolute Gasteiger partial charge is 0.781 e. The Morgan fingerprint density at radius 3 is 0.507 bits per heavy atom. The van der Waals surface area contributed by atoms with E-state index in [4.69, 9.17) is 13.6 Å². The first kappa shape index (κ1) is 75.3. The summed E-state index contributed by atoms with van der Waals surface area (Å²) in [4.78, 5) is 31.2. The van der Waals surface area contributed by atoms with E-state index in [0.717, 1.165) is 38.5 Å². The Balaban J connectivity index is -0.000000441. The van der Waals surface area contributed by atoms with E-state index in [2.05, 4.69) is 20.8 Å². The fraction of sp³-hybridized carbons (Fsp3) is 1.00. The molecule has 1 radical (unpaired) electrons. The molecule has 0 rings (SSSR count). The Labute approximate surface area is 452 Å². The normalized spacial score (nSPS) is 13.9. The van der Waals surface area contributed by atoms with Gasteiger partial charge in [-0.15, -0.1) is 0 Å². The van der Waals surface area contributed by atoms with E-state index in [9.17, 15) is 28.4 Å². The topological polar surface area (TPSA) is 148 Å². The zero-order valence-electron chi connectivity index (χ0n) is 45.2. The van der Waals surface area contributed by atoms with Gasteiger partial charge in [-0.05, 0) is 40.0 Å². The Bertz CT molecular complexity index is 866. The molecule has 0 spiro atoms. The first-order valence-corrected chi connectivity index (χ1v) is 32.3. The molecule has 0 bridgehead atoms. The van der Waals surface area contributed by atoms with Crippen molar-refractivity contribution in [1.82, 2.24) is 0 Å². The second-order valence-corrected chi connectivity index (χ2v) is 21.9. The van der Waals surface area contributed by atoms with Crippen LogP contribution in [0.25, 0.3) is 0 Å². The van der Waals surface area contributed by atoms with Gasteiger partial charge in [-0.25, -0.2) is 0 Å². The van der Waals surface area contributed by atoms with Gasteiger partial charge in [0.1, 0.15) is 24.8 Å². The molecule has 0 aromatic heterocycles. The molecule has 9 nitrogen and oxygen atoms in total. The second-order valence-electron chi connectivity index (χ2n) is 19.7. The molecule has 0 heterocycles. The van der Waals surface area contributed by atoms with Crippen molar-refractivity contribution in [3.8, 4) is 0 Å². The summed E-state index contributed by atoms with van der Waals surface area (Å²) in [7, 11) is -9.01. The van der Waals surface area contributed by atoms with Gasteiger partial charge in [0, 0.05) is 0 Å². The van der Waals surface area contributed by atoms with Crippen LogP contribution in [0, 0.1) is 40.8 Å². The summed E-state index contributed by atoms with van der Waals surface area (Å²) in [5, 5.41) is 0. The molecular formula is C54H114NdO9P3. The molecule has 0 saturated heterocycles. The molecular weight excluding hydrogens is 1030 g/mol. The van der Waals surface area contributed by atoms with E-state index in [1.54, 1.807) is 0 Å². The van der Waals surface area contributed by atoms with Gasteiger partial charge >= 0.3 is 40.8 Å². The minimum Gasteiger partial charge on any atom is -0.781 e. The monoisotopic (exact) mass is 1140 g/mol. The van der Waals surface area contributed by atoms with E-state index in [-0.39, 0.29) is 59.2 Å². The fourth-order valence-electron chi connectivity index (χ4n) is 8.55. The summed E-state index contributed by atoms with van der Waals surface area (Å²) in [6.07, 6.45) is 58.8. The zero-order chi connectivity index (χ0) is 49.4. The largest absolute Gasteiger partial charge is 3.00 e. The van der Waals surface area contributed by atoms with E-state index >= 15 is 0 Å². The van der Waals surface area contributed by atoms with Crippen molar-refractivity contribution in [2.75, 3.05) is 0 Å².